The minimum Gasteiger partial charge on any atom is -0.453 e. The van der Waals surface area contributed by atoms with Gasteiger partial charge in [0.15, 0.2) is 23.0 Å². The van der Waals surface area contributed by atoms with Gasteiger partial charge in [-0.15, -0.1) is 0 Å². The van der Waals surface area contributed by atoms with Crippen LogP contribution in [0.25, 0.3) is 60.4 Å². The molecule has 0 spiro atoms. The number of anilines is 4. The lowest BCUT2D eigenvalue weighted by Crippen LogP contribution is -2.20. The first kappa shape index (κ1) is 35.5. The summed E-state index contributed by atoms with van der Waals surface area (Å²) in [7, 11) is 1.95. The van der Waals surface area contributed by atoms with E-state index in [4.69, 9.17) is 14.6 Å². The fourth-order valence-electron chi connectivity index (χ4n) is 9.89. The average Bonchev–Trinajstić information content (AvgIpc) is 3.85. The van der Waals surface area contributed by atoms with E-state index >= 15 is 0 Å². The second kappa shape index (κ2) is 13.9. The molecule has 0 bridgehead atoms. The number of allylic oxidation sites excluding steroid dienone is 4. The highest BCUT2D eigenvalue weighted by atomic mass is 16.5. The van der Waals surface area contributed by atoms with Crippen LogP contribution in [0.2, 0.25) is 0 Å². The molecular weight excluding hydrogens is 775 g/mol. The fourth-order valence-corrected chi connectivity index (χ4v) is 9.89. The minimum absolute atomic E-state index is 0.701. The Morgan fingerprint density at radius 3 is 2.05 bits per heavy atom. The first-order valence-corrected chi connectivity index (χ1v) is 21.5. The molecule has 0 saturated heterocycles. The van der Waals surface area contributed by atoms with Crippen LogP contribution in [-0.2, 0) is 0 Å². The number of nitrogens with zero attached hydrogens (tertiary/aromatic N) is 4. The topological polar surface area (TPSA) is 56.0 Å². The molecule has 1 aliphatic carbocycles. The second-order valence-corrected chi connectivity index (χ2v) is 16.3. The summed E-state index contributed by atoms with van der Waals surface area (Å²) in [5.74, 6) is 2.99. The maximum atomic E-state index is 7.09. The molecule has 13 rings (SSSR count). The zero-order chi connectivity index (χ0) is 41.6. The first-order valence-electron chi connectivity index (χ1n) is 21.5. The van der Waals surface area contributed by atoms with E-state index in [0.717, 1.165) is 103 Å². The highest BCUT2D eigenvalue weighted by molar-refractivity contribution is 6.20. The summed E-state index contributed by atoms with van der Waals surface area (Å²) < 4.78 is 18.4. The number of hydrogen-bond donors (Lipinski definition) is 1. The summed E-state index contributed by atoms with van der Waals surface area (Å²) in [6, 6.07) is 59.7. The van der Waals surface area contributed by atoms with E-state index in [2.05, 4.69) is 171 Å². The Morgan fingerprint density at radius 1 is 0.571 bits per heavy atom. The third-order valence-electron chi connectivity index (χ3n) is 12.7. The predicted molar refractivity (Wildman–Crippen MR) is 259 cm³/mol. The lowest BCUT2D eigenvalue weighted by atomic mass is 9.99. The van der Waals surface area contributed by atoms with Crippen LogP contribution in [0.5, 0.6) is 23.0 Å². The van der Waals surface area contributed by atoms with Crippen LogP contribution in [0.4, 0.5) is 22.7 Å². The Hall–Kier alpha value is -8.29. The third kappa shape index (κ3) is 5.36. The van der Waals surface area contributed by atoms with Crippen molar-refractivity contribution in [3.8, 4) is 34.1 Å². The van der Waals surface area contributed by atoms with Crippen LogP contribution in [0.3, 0.4) is 0 Å². The summed E-state index contributed by atoms with van der Waals surface area (Å²) in [5.41, 5.74) is 14.3. The number of benzene rings is 8. The molecule has 7 nitrogen and oxygen atoms in total. The normalized spacial score (nSPS) is 14.0. The van der Waals surface area contributed by atoms with Crippen molar-refractivity contribution < 1.29 is 9.47 Å². The lowest BCUT2D eigenvalue weighted by molar-refractivity contribution is 0.450. The molecular formula is C56H39N5O2. The van der Waals surface area contributed by atoms with Gasteiger partial charge < -0.3 is 19.4 Å². The molecule has 3 aliphatic rings. The van der Waals surface area contributed by atoms with Gasteiger partial charge in [0, 0.05) is 51.8 Å². The monoisotopic (exact) mass is 813 g/mol. The Kier molecular flexibility index (Phi) is 7.81. The number of ether oxygens (including phenoxy) is 2. The fraction of sp³-hybridized carbons (Fsp3) is 0.0536. The molecule has 7 heteroatoms. The van der Waals surface area contributed by atoms with Gasteiger partial charge in [-0.25, -0.2) is 4.68 Å². The largest absolute Gasteiger partial charge is 0.453 e. The molecule has 1 N–H and O–H groups in total. The van der Waals surface area contributed by atoms with Crippen molar-refractivity contribution in [2.45, 2.75) is 12.8 Å². The lowest BCUT2D eigenvalue weighted by Gasteiger charge is -2.38. The molecule has 0 amide bonds. The van der Waals surface area contributed by atoms with E-state index in [-0.39, 0.29) is 0 Å². The van der Waals surface area contributed by atoms with Crippen molar-refractivity contribution in [3.05, 3.63) is 199 Å². The summed E-state index contributed by atoms with van der Waals surface area (Å²) in [6.07, 6.45) is 9.00. The Bertz CT molecular complexity index is 3620. The van der Waals surface area contributed by atoms with Gasteiger partial charge in [-0.3, -0.25) is 4.90 Å². The van der Waals surface area contributed by atoms with Crippen LogP contribution in [-0.4, -0.2) is 22.0 Å². The van der Waals surface area contributed by atoms with Crippen LogP contribution in [0.1, 0.15) is 24.0 Å². The summed E-state index contributed by atoms with van der Waals surface area (Å²) in [6.45, 7) is 0. The smallest absolute Gasteiger partial charge is 0.165 e. The number of nitrogens with one attached hydrogen (secondary N) is 1. The van der Waals surface area contributed by atoms with Crippen molar-refractivity contribution in [1.82, 2.24) is 9.24 Å². The van der Waals surface area contributed by atoms with Crippen molar-refractivity contribution in [1.29, 1.82) is 0 Å². The molecule has 300 valence electrons. The predicted octanol–water partition coefficient (Wildman–Crippen LogP) is 14.8. The third-order valence-corrected chi connectivity index (χ3v) is 12.7. The SMILES string of the molecule is CNc1ccccc1/C(=N\n1c2ccc(-c3ccc4c(c3)c3ccccc3n4C3=CCCC=C3)cc2c2c3c4c(cc21)Oc1ccccc1N4c1ccccc1O3)c1ccccc1. The van der Waals surface area contributed by atoms with E-state index in [9.17, 15) is 0 Å². The number of fused-ring (bicyclic) bond motifs is 11. The number of para-hydroxylation sites is 6. The summed E-state index contributed by atoms with van der Waals surface area (Å²) in [5, 5.41) is 13.5. The highest BCUT2D eigenvalue weighted by Crippen LogP contribution is 2.62. The van der Waals surface area contributed by atoms with E-state index in [1.807, 2.05) is 43.4 Å². The van der Waals surface area contributed by atoms with Gasteiger partial charge in [-0.05, 0) is 90.7 Å². The molecule has 2 aromatic heterocycles. The first-order chi connectivity index (χ1) is 31.2. The van der Waals surface area contributed by atoms with Gasteiger partial charge in [-0.2, -0.15) is 5.10 Å². The van der Waals surface area contributed by atoms with Gasteiger partial charge in [-0.1, -0.05) is 115 Å². The Labute approximate surface area is 363 Å². The van der Waals surface area contributed by atoms with Gasteiger partial charge >= 0.3 is 0 Å². The van der Waals surface area contributed by atoms with E-state index in [1.165, 1.54) is 27.5 Å². The Balaban J connectivity index is 1.10. The van der Waals surface area contributed by atoms with E-state index in [1.54, 1.807) is 0 Å². The number of hydrogen-bond acceptors (Lipinski definition) is 5. The van der Waals surface area contributed by atoms with Gasteiger partial charge in [0.05, 0.1) is 38.8 Å². The maximum Gasteiger partial charge on any atom is 0.165 e. The maximum absolute atomic E-state index is 7.09. The molecule has 0 saturated carbocycles. The average molecular weight is 814 g/mol. The molecule has 0 fully saturated rings. The number of rotatable bonds is 6. The number of aromatic nitrogens is 2. The summed E-state index contributed by atoms with van der Waals surface area (Å²) in [4.78, 5) is 2.29. The van der Waals surface area contributed by atoms with Crippen LogP contribution in [0, 0.1) is 0 Å². The molecule has 8 aromatic carbocycles. The quantitative estimate of drug-likeness (QED) is 0.170. The molecule has 10 aromatic rings. The summed E-state index contributed by atoms with van der Waals surface area (Å²) >= 11 is 0. The molecule has 0 atom stereocenters. The zero-order valence-corrected chi connectivity index (χ0v) is 34.4. The van der Waals surface area contributed by atoms with Crippen molar-refractivity contribution in [2.75, 3.05) is 17.3 Å². The minimum atomic E-state index is 0.701. The second-order valence-electron chi connectivity index (χ2n) is 16.3. The van der Waals surface area contributed by atoms with Crippen molar-refractivity contribution >= 4 is 77.8 Å². The van der Waals surface area contributed by atoms with E-state index in [0.29, 0.717) is 5.75 Å². The van der Waals surface area contributed by atoms with E-state index < -0.39 is 0 Å². The van der Waals surface area contributed by atoms with Gasteiger partial charge in [0.25, 0.3) is 0 Å². The molecule has 4 heterocycles. The van der Waals surface area contributed by atoms with Gasteiger partial charge in [0.2, 0.25) is 0 Å². The van der Waals surface area contributed by atoms with Crippen LogP contribution >= 0.6 is 0 Å². The van der Waals surface area contributed by atoms with Gasteiger partial charge in [0.1, 0.15) is 11.4 Å². The molecule has 2 aliphatic heterocycles. The van der Waals surface area contributed by atoms with Crippen LogP contribution < -0.4 is 19.7 Å². The molecule has 63 heavy (non-hydrogen) atoms. The van der Waals surface area contributed by atoms with Crippen LogP contribution in [0.15, 0.2) is 193 Å². The highest BCUT2D eigenvalue weighted by Gasteiger charge is 2.37. The van der Waals surface area contributed by atoms with Crippen molar-refractivity contribution in [2.24, 2.45) is 5.10 Å². The molecule has 0 unspecified atom stereocenters. The zero-order valence-electron chi connectivity index (χ0n) is 34.4. The molecule has 0 radical (unpaired) electrons. The Morgan fingerprint density at radius 2 is 1.25 bits per heavy atom. The standard InChI is InChI=1S/C56H39N5O2/c1-57-43-22-10-8-21-40(43)54(35-16-4-2-5-17-35)58-61-46-31-29-37(36-28-30-45-41(32-36)39-20-9-11-23-44(39)59(45)38-18-6-3-7-19-38)33-42(46)53-49(61)34-52-55-56(53)63-51-27-15-13-25-48(51)60(55)47-24-12-14-26-50(47)62-52/h2,4-6,8-34,57H,3,7H2,1H3/b58-54-. The van der Waals surface area contributed by atoms with Crippen molar-refractivity contribution in [3.63, 3.8) is 0 Å².